The number of nitrogens with one attached hydrogen (secondary N) is 2. The molecule has 1 aromatic carbocycles. The van der Waals surface area contributed by atoms with E-state index in [4.69, 9.17) is 14.5 Å². The van der Waals surface area contributed by atoms with Crippen LogP contribution >= 0.6 is 0 Å². The highest BCUT2D eigenvalue weighted by molar-refractivity contribution is 5.81. The lowest BCUT2D eigenvalue weighted by Crippen LogP contribution is -2.40. The number of aryl methyl sites for hydroxylation is 1. The summed E-state index contributed by atoms with van der Waals surface area (Å²) >= 11 is 0. The lowest BCUT2D eigenvalue weighted by Gasteiger charge is -2.22. The molecule has 1 atom stereocenters. The van der Waals surface area contributed by atoms with E-state index in [-0.39, 0.29) is 23.7 Å². The van der Waals surface area contributed by atoms with E-state index >= 15 is 0 Å². The second-order valence-corrected chi connectivity index (χ2v) is 10.2. The van der Waals surface area contributed by atoms with Gasteiger partial charge in [0, 0.05) is 37.5 Å². The largest absolute Gasteiger partial charge is 0.461 e. The number of aromatic nitrogens is 3. The highest BCUT2D eigenvalue weighted by Crippen LogP contribution is 2.26. The van der Waals surface area contributed by atoms with Crippen LogP contribution in [0.1, 0.15) is 57.1 Å². The summed E-state index contributed by atoms with van der Waals surface area (Å²) in [6, 6.07) is 7.71. The second-order valence-electron chi connectivity index (χ2n) is 10.2. The van der Waals surface area contributed by atoms with Crippen LogP contribution in [0.2, 0.25) is 0 Å². The summed E-state index contributed by atoms with van der Waals surface area (Å²) in [6.45, 7) is 7.77. The van der Waals surface area contributed by atoms with Crippen LogP contribution in [0.5, 0.6) is 0 Å². The maximum absolute atomic E-state index is 12.9. The fourth-order valence-corrected chi connectivity index (χ4v) is 4.87. The first-order chi connectivity index (χ1) is 17.4. The molecule has 1 saturated carbocycles. The molecule has 0 unspecified atom stereocenters. The van der Waals surface area contributed by atoms with Gasteiger partial charge >= 0.3 is 5.97 Å². The van der Waals surface area contributed by atoms with Gasteiger partial charge < -0.3 is 24.3 Å². The summed E-state index contributed by atoms with van der Waals surface area (Å²) in [4.78, 5) is 32.5. The number of nitrogens with zero attached hydrogens (tertiary/aromatic N) is 2. The van der Waals surface area contributed by atoms with Crippen LogP contribution in [0, 0.1) is 12.8 Å². The van der Waals surface area contributed by atoms with E-state index in [0.717, 1.165) is 60.1 Å². The summed E-state index contributed by atoms with van der Waals surface area (Å²) in [5.74, 6) is 1.02. The number of carbonyl (C=O) groups excluding carboxylic acids is 1. The number of methoxy groups -OCH3 is 1. The van der Waals surface area contributed by atoms with Crippen molar-refractivity contribution in [3.05, 3.63) is 51.9 Å². The Morgan fingerprint density at radius 1 is 1.25 bits per heavy atom. The first-order valence-electron chi connectivity index (χ1n) is 13.0. The molecule has 2 aromatic heterocycles. The zero-order valence-electron chi connectivity index (χ0n) is 21.8. The molecular formula is C28H38N4O4. The number of hydrogen-bond acceptors (Lipinski definition) is 6. The Morgan fingerprint density at radius 3 is 2.72 bits per heavy atom. The van der Waals surface area contributed by atoms with E-state index in [1.54, 1.807) is 20.2 Å². The number of hydrogen-bond donors (Lipinski definition) is 2. The van der Waals surface area contributed by atoms with Crippen molar-refractivity contribution in [2.45, 2.75) is 78.1 Å². The third-order valence-corrected chi connectivity index (χ3v) is 6.81. The summed E-state index contributed by atoms with van der Waals surface area (Å²) in [5.41, 5.74) is 4.29. The molecule has 36 heavy (non-hydrogen) atoms. The van der Waals surface area contributed by atoms with Gasteiger partial charge in [-0.3, -0.25) is 9.59 Å². The molecular weight excluding hydrogens is 456 g/mol. The topological polar surface area (TPSA) is 98.2 Å². The number of benzene rings is 1. The molecule has 1 aliphatic carbocycles. The standard InChI is InChI=1S/C28H38N4O4/c1-18(2)13-24(28(34)36-22-7-5-6-8-22)29-16-20-9-10-25-23(15-20)31-26(32(25)11-12-35-4)21-14-19(3)27(33)30-17-21/h9-10,14-15,17-18,22,24,29H,5-8,11-13,16H2,1-4H3,(H,30,33)/t24-/m0/s1. The van der Waals surface area contributed by atoms with Crippen LogP contribution in [-0.4, -0.2) is 46.4 Å². The van der Waals surface area contributed by atoms with Crippen molar-refractivity contribution in [2.75, 3.05) is 13.7 Å². The minimum absolute atomic E-state index is 0.0661. The fraction of sp³-hybridized carbons (Fsp3) is 0.536. The Labute approximate surface area is 212 Å². The fourth-order valence-electron chi connectivity index (χ4n) is 4.87. The lowest BCUT2D eigenvalue weighted by atomic mass is 10.0. The summed E-state index contributed by atoms with van der Waals surface area (Å²) < 4.78 is 13.2. The number of fused-ring (bicyclic) bond motifs is 1. The quantitative estimate of drug-likeness (QED) is 0.385. The van der Waals surface area contributed by atoms with Crippen LogP contribution in [0.25, 0.3) is 22.4 Å². The van der Waals surface area contributed by atoms with Gasteiger partial charge in [0.1, 0.15) is 18.0 Å². The molecule has 2 heterocycles. The number of esters is 1. The van der Waals surface area contributed by atoms with Gasteiger partial charge in [0.05, 0.1) is 17.6 Å². The second kappa shape index (κ2) is 11.8. The molecule has 194 valence electrons. The van der Waals surface area contributed by atoms with Crippen LogP contribution < -0.4 is 10.9 Å². The number of carbonyl (C=O) groups is 1. The zero-order valence-corrected chi connectivity index (χ0v) is 21.8. The predicted molar refractivity (Wildman–Crippen MR) is 141 cm³/mol. The lowest BCUT2D eigenvalue weighted by molar-refractivity contribution is -0.151. The zero-order chi connectivity index (χ0) is 25.7. The van der Waals surface area contributed by atoms with Crippen molar-refractivity contribution in [3.63, 3.8) is 0 Å². The number of ether oxygens (including phenoxy) is 2. The van der Waals surface area contributed by atoms with E-state index in [9.17, 15) is 9.59 Å². The Kier molecular flexibility index (Phi) is 8.59. The normalized spacial score (nSPS) is 15.1. The van der Waals surface area contributed by atoms with Gasteiger partial charge in [-0.2, -0.15) is 0 Å². The van der Waals surface area contributed by atoms with Crippen molar-refractivity contribution in [2.24, 2.45) is 5.92 Å². The molecule has 0 radical (unpaired) electrons. The summed E-state index contributed by atoms with van der Waals surface area (Å²) in [7, 11) is 1.68. The number of pyridine rings is 1. The molecule has 1 aliphatic rings. The number of rotatable bonds is 11. The van der Waals surface area contributed by atoms with Crippen molar-refractivity contribution < 1.29 is 14.3 Å². The molecule has 1 fully saturated rings. The van der Waals surface area contributed by atoms with Gasteiger partial charge in [-0.25, -0.2) is 4.98 Å². The van der Waals surface area contributed by atoms with E-state index in [1.165, 1.54) is 0 Å². The summed E-state index contributed by atoms with van der Waals surface area (Å²) in [5, 5.41) is 3.44. The Morgan fingerprint density at radius 2 is 2.03 bits per heavy atom. The number of imidazole rings is 1. The first-order valence-corrected chi connectivity index (χ1v) is 13.0. The first kappa shape index (κ1) is 26.1. The maximum Gasteiger partial charge on any atom is 0.323 e. The Bertz CT molecular complexity index is 1240. The summed E-state index contributed by atoms with van der Waals surface area (Å²) in [6.07, 6.45) is 6.72. The van der Waals surface area contributed by atoms with E-state index in [2.05, 4.69) is 46.9 Å². The van der Waals surface area contributed by atoms with Gasteiger partial charge in [-0.15, -0.1) is 0 Å². The number of aromatic amines is 1. The SMILES string of the molecule is COCCn1c(-c2c[nH]c(=O)c(C)c2)nc2cc(CN[C@@H](CC(C)C)C(=O)OC3CCCC3)ccc21. The van der Waals surface area contributed by atoms with Crippen molar-refractivity contribution >= 4 is 17.0 Å². The van der Waals surface area contributed by atoms with E-state index in [1.807, 2.05) is 6.07 Å². The van der Waals surface area contributed by atoms with Gasteiger partial charge in [0.25, 0.3) is 5.56 Å². The van der Waals surface area contributed by atoms with Gasteiger partial charge in [0.15, 0.2) is 0 Å². The maximum atomic E-state index is 12.9. The minimum Gasteiger partial charge on any atom is -0.461 e. The van der Waals surface area contributed by atoms with Crippen molar-refractivity contribution in [1.82, 2.24) is 19.9 Å². The molecule has 0 bridgehead atoms. The third kappa shape index (κ3) is 6.23. The minimum atomic E-state index is -0.333. The van der Waals surface area contributed by atoms with Crippen LogP contribution in [0.4, 0.5) is 0 Å². The molecule has 0 aliphatic heterocycles. The molecule has 4 rings (SSSR count). The Balaban J connectivity index is 1.56. The van der Waals surface area contributed by atoms with E-state index in [0.29, 0.717) is 31.2 Å². The van der Waals surface area contributed by atoms with Gasteiger partial charge in [-0.1, -0.05) is 19.9 Å². The van der Waals surface area contributed by atoms with Crippen molar-refractivity contribution in [1.29, 1.82) is 0 Å². The van der Waals surface area contributed by atoms with Crippen molar-refractivity contribution in [3.8, 4) is 11.4 Å². The molecule has 8 heteroatoms. The highest BCUT2D eigenvalue weighted by atomic mass is 16.5. The Hall–Kier alpha value is -2.97. The van der Waals surface area contributed by atoms with E-state index < -0.39 is 0 Å². The molecule has 8 nitrogen and oxygen atoms in total. The van der Waals surface area contributed by atoms with Crippen LogP contribution in [-0.2, 0) is 27.4 Å². The average Bonchev–Trinajstić information content (AvgIpc) is 3.49. The predicted octanol–water partition coefficient (Wildman–Crippen LogP) is 4.34. The molecule has 3 aromatic rings. The third-order valence-electron chi connectivity index (χ3n) is 6.81. The molecule has 0 saturated heterocycles. The monoisotopic (exact) mass is 494 g/mol. The van der Waals surface area contributed by atoms with Crippen LogP contribution in [0.15, 0.2) is 35.3 Å². The highest BCUT2D eigenvalue weighted by Gasteiger charge is 2.26. The van der Waals surface area contributed by atoms with Crippen LogP contribution in [0.3, 0.4) is 0 Å². The van der Waals surface area contributed by atoms with Gasteiger partial charge in [-0.05, 0) is 68.7 Å². The molecule has 2 N–H and O–H groups in total. The average molecular weight is 495 g/mol. The smallest absolute Gasteiger partial charge is 0.323 e. The number of H-pyrrole nitrogens is 1. The molecule has 0 amide bonds. The molecule has 0 spiro atoms. The van der Waals surface area contributed by atoms with Gasteiger partial charge in [0.2, 0.25) is 0 Å².